The first-order valence-electron chi connectivity index (χ1n) is 3.69. The summed E-state index contributed by atoms with van der Waals surface area (Å²) < 4.78 is 5.10. The third-order valence-corrected chi connectivity index (χ3v) is 1.40. The third kappa shape index (κ3) is 3.14. The van der Waals surface area contributed by atoms with Crippen LogP contribution >= 0.6 is 0 Å². The number of hydrogen-bond acceptors (Lipinski definition) is 2. The van der Waals surface area contributed by atoms with Crippen LogP contribution in [0.15, 0.2) is 24.5 Å². The van der Waals surface area contributed by atoms with E-state index in [0.29, 0.717) is 6.61 Å². The van der Waals surface area contributed by atoms with E-state index in [1.165, 1.54) is 5.56 Å². The second kappa shape index (κ2) is 4.85. The molecule has 0 aromatic carbocycles. The van der Waals surface area contributed by atoms with Crippen LogP contribution in [0.1, 0.15) is 5.56 Å². The smallest absolute Gasteiger partial charge is 0.0507 e. The summed E-state index contributed by atoms with van der Waals surface area (Å²) in [6.45, 7) is 4.85. The maximum absolute atomic E-state index is 5.10. The number of rotatable bonds is 4. The van der Waals surface area contributed by atoms with Crippen LogP contribution in [0, 0.1) is 6.92 Å². The van der Waals surface area contributed by atoms with Gasteiger partial charge < -0.3 is 4.74 Å². The van der Waals surface area contributed by atoms with Gasteiger partial charge in [-0.15, -0.1) is 0 Å². The van der Waals surface area contributed by atoms with E-state index in [2.05, 4.69) is 11.9 Å². The van der Waals surface area contributed by atoms with Crippen molar-refractivity contribution >= 4 is 0 Å². The third-order valence-electron chi connectivity index (χ3n) is 1.40. The molecule has 0 saturated carbocycles. The lowest BCUT2D eigenvalue weighted by atomic mass is 10.2. The van der Waals surface area contributed by atoms with Crippen molar-refractivity contribution in [2.45, 2.75) is 6.42 Å². The van der Waals surface area contributed by atoms with Crippen molar-refractivity contribution in [1.82, 2.24) is 4.98 Å². The maximum Gasteiger partial charge on any atom is 0.0507 e. The minimum absolute atomic E-state index is 0.542. The Hall–Kier alpha value is -0.890. The van der Waals surface area contributed by atoms with Crippen molar-refractivity contribution in [1.29, 1.82) is 0 Å². The van der Waals surface area contributed by atoms with E-state index in [-0.39, 0.29) is 0 Å². The molecule has 59 valence electrons. The van der Waals surface area contributed by atoms with Crippen molar-refractivity contribution in [3.8, 4) is 0 Å². The molecule has 2 heteroatoms. The van der Waals surface area contributed by atoms with Crippen LogP contribution in [-0.4, -0.2) is 18.2 Å². The lowest BCUT2D eigenvalue weighted by molar-refractivity contribution is 0.164. The predicted octanol–water partition coefficient (Wildman–Crippen LogP) is 1.47. The first-order valence-corrected chi connectivity index (χ1v) is 3.69. The van der Waals surface area contributed by atoms with Gasteiger partial charge in [0.05, 0.1) is 6.61 Å². The fourth-order valence-corrected chi connectivity index (χ4v) is 0.838. The molecule has 0 unspecified atom stereocenters. The Morgan fingerprint density at radius 2 is 2.45 bits per heavy atom. The van der Waals surface area contributed by atoms with E-state index < -0.39 is 0 Å². The van der Waals surface area contributed by atoms with Gasteiger partial charge in [0.1, 0.15) is 0 Å². The fraction of sp³-hybridized carbons (Fsp3) is 0.333. The molecule has 1 aromatic heterocycles. The molecule has 2 nitrogen and oxygen atoms in total. The van der Waals surface area contributed by atoms with Gasteiger partial charge in [-0.05, 0) is 25.0 Å². The van der Waals surface area contributed by atoms with Crippen molar-refractivity contribution in [2.24, 2.45) is 0 Å². The molecule has 0 fully saturated rings. The van der Waals surface area contributed by atoms with E-state index in [4.69, 9.17) is 4.74 Å². The molecule has 0 aliphatic carbocycles. The molecule has 0 aliphatic rings. The van der Waals surface area contributed by atoms with E-state index in [9.17, 15) is 0 Å². The molecule has 0 aliphatic heterocycles. The summed E-state index contributed by atoms with van der Waals surface area (Å²) >= 11 is 0. The summed E-state index contributed by atoms with van der Waals surface area (Å²) in [5.74, 6) is 0. The number of ether oxygens (including phenoxy) is 1. The Morgan fingerprint density at radius 1 is 1.55 bits per heavy atom. The fourth-order valence-electron chi connectivity index (χ4n) is 0.838. The Morgan fingerprint density at radius 3 is 3.09 bits per heavy atom. The molecule has 0 saturated heterocycles. The van der Waals surface area contributed by atoms with E-state index in [1.807, 2.05) is 18.3 Å². The first kappa shape index (κ1) is 8.21. The van der Waals surface area contributed by atoms with Crippen molar-refractivity contribution in [3.05, 3.63) is 37.0 Å². The van der Waals surface area contributed by atoms with Crippen molar-refractivity contribution in [3.63, 3.8) is 0 Å². The minimum Gasteiger partial charge on any atom is -0.381 e. The van der Waals surface area contributed by atoms with Crippen LogP contribution in [0.4, 0.5) is 0 Å². The zero-order chi connectivity index (χ0) is 7.94. The van der Waals surface area contributed by atoms with Gasteiger partial charge in [-0.1, -0.05) is 6.07 Å². The highest BCUT2D eigenvalue weighted by molar-refractivity contribution is 5.08. The topological polar surface area (TPSA) is 22.1 Å². The lowest BCUT2D eigenvalue weighted by Crippen LogP contribution is -1.97. The van der Waals surface area contributed by atoms with Gasteiger partial charge >= 0.3 is 0 Å². The predicted molar refractivity (Wildman–Crippen MR) is 44.1 cm³/mol. The molecular formula is C9H12NO. The molecule has 0 bridgehead atoms. The average Bonchev–Trinajstić information content (AvgIpc) is 2.07. The normalized spacial score (nSPS) is 9.91. The summed E-state index contributed by atoms with van der Waals surface area (Å²) in [7, 11) is 0. The summed E-state index contributed by atoms with van der Waals surface area (Å²) in [5, 5.41) is 0. The summed E-state index contributed by atoms with van der Waals surface area (Å²) in [5.41, 5.74) is 1.21. The zero-order valence-corrected chi connectivity index (χ0v) is 6.49. The highest BCUT2D eigenvalue weighted by Gasteiger charge is 1.89. The van der Waals surface area contributed by atoms with Crippen LogP contribution < -0.4 is 0 Å². The molecule has 0 spiro atoms. The number of nitrogens with zero attached hydrogens (tertiary/aromatic N) is 1. The van der Waals surface area contributed by atoms with Crippen LogP contribution in [0.25, 0.3) is 0 Å². The van der Waals surface area contributed by atoms with E-state index in [0.717, 1.165) is 13.0 Å². The minimum atomic E-state index is 0.542. The second-order valence-electron chi connectivity index (χ2n) is 2.22. The molecule has 1 radical (unpaired) electrons. The highest BCUT2D eigenvalue weighted by atomic mass is 16.5. The molecule has 1 heterocycles. The Bertz CT molecular complexity index is 186. The first-order chi connectivity index (χ1) is 5.43. The largest absolute Gasteiger partial charge is 0.381 e. The standard InChI is InChI=1S/C9H12NO/c1-2-11-7-5-9-4-3-6-10-8-9/h3-4,6,8H,1-2,5,7H2. The van der Waals surface area contributed by atoms with Crippen LogP contribution in [-0.2, 0) is 11.2 Å². The van der Waals surface area contributed by atoms with Gasteiger partial charge in [-0.2, -0.15) is 0 Å². The summed E-state index contributed by atoms with van der Waals surface area (Å²) in [6.07, 6.45) is 4.54. The van der Waals surface area contributed by atoms with E-state index >= 15 is 0 Å². The number of pyridine rings is 1. The van der Waals surface area contributed by atoms with Gasteiger partial charge in [0, 0.05) is 19.0 Å². The molecule has 11 heavy (non-hydrogen) atoms. The number of hydrogen-bond donors (Lipinski definition) is 0. The molecule has 0 amide bonds. The average molecular weight is 150 g/mol. The van der Waals surface area contributed by atoms with Crippen molar-refractivity contribution in [2.75, 3.05) is 13.2 Å². The van der Waals surface area contributed by atoms with E-state index in [1.54, 1.807) is 6.20 Å². The SMILES string of the molecule is [CH2]COCCc1cccnc1. The molecule has 0 atom stereocenters. The Balaban J connectivity index is 2.28. The van der Waals surface area contributed by atoms with Crippen LogP contribution in [0.5, 0.6) is 0 Å². The molecule has 1 rings (SSSR count). The lowest BCUT2D eigenvalue weighted by Gasteiger charge is -1.99. The number of aromatic nitrogens is 1. The molecule has 1 aromatic rings. The summed E-state index contributed by atoms with van der Waals surface area (Å²) in [4.78, 5) is 3.99. The van der Waals surface area contributed by atoms with Gasteiger partial charge in [0.25, 0.3) is 0 Å². The van der Waals surface area contributed by atoms with Gasteiger partial charge in [0.15, 0.2) is 0 Å². The Kier molecular flexibility index (Phi) is 3.62. The van der Waals surface area contributed by atoms with Gasteiger partial charge in [0.2, 0.25) is 0 Å². The monoisotopic (exact) mass is 150 g/mol. The molecule has 0 N–H and O–H groups in total. The molecular weight excluding hydrogens is 138 g/mol. The zero-order valence-electron chi connectivity index (χ0n) is 6.49. The van der Waals surface area contributed by atoms with Crippen LogP contribution in [0.3, 0.4) is 0 Å². The van der Waals surface area contributed by atoms with Gasteiger partial charge in [-0.3, -0.25) is 4.98 Å². The van der Waals surface area contributed by atoms with Gasteiger partial charge in [-0.25, -0.2) is 0 Å². The van der Waals surface area contributed by atoms with Crippen molar-refractivity contribution < 1.29 is 4.74 Å². The maximum atomic E-state index is 5.10. The van der Waals surface area contributed by atoms with Crippen LogP contribution in [0.2, 0.25) is 0 Å². The summed E-state index contributed by atoms with van der Waals surface area (Å²) in [6, 6.07) is 3.97. The Labute approximate surface area is 67.2 Å². The second-order valence-corrected chi connectivity index (χ2v) is 2.22. The highest BCUT2D eigenvalue weighted by Crippen LogP contribution is 1.96. The quantitative estimate of drug-likeness (QED) is 0.606.